The summed E-state index contributed by atoms with van der Waals surface area (Å²) in [5, 5.41) is 8.59. The van der Waals surface area contributed by atoms with E-state index in [-0.39, 0.29) is 6.03 Å². The fraction of sp³-hybridized carbons (Fsp3) is 0.400. The van der Waals surface area contributed by atoms with Crippen molar-refractivity contribution in [3.63, 3.8) is 0 Å². The molecule has 2 aromatic heterocycles. The third-order valence-electron chi connectivity index (χ3n) is 3.51. The number of carbonyl (C=O) groups is 1. The highest BCUT2D eigenvalue weighted by molar-refractivity contribution is 7.09. The Morgan fingerprint density at radius 3 is 2.95 bits per heavy atom. The molecule has 0 spiro atoms. The summed E-state index contributed by atoms with van der Waals surface area (Å²) in [6.07, 6.45) is 4.10. The Balaban J connectivity index is 1.61. The molecule has 0 radical (unpaired) electrons. The first-order valence-corrected chi connectivity index (χ1v) is 8.26. The maximum Gasteiger partial charge on any atom is 0.319 e. The van der Waals surface area contributed by atoms with Crippen molar-refractivity contribution in [2.75, 3.05) is 23.3 Å². The highest BCUT2D eigenvalue weighted by Crippen LogP contribution is 2.25. The van der Waals surface area contributed by atoms with Crippen LogP contribution in [-0.4, -0.2) is 29.1 Å². The molecule has 6 nitrogen and oxygen atoms in total. The first-order valence-electron chi connectivity index (χ1n) is 7.38. The van der Waals surface area contributed by atoms with Crippen LogP contribution in [0.5, 0.6) is 0 Å². The van der Waals surface area contributed by atoms with Gasteiger partial charge in [-0.05, 0) is 31.9 Å². The molecule has 2 aromatic rings. The van der Waals surface area contributed by atoms with Gasteiger partial charge in [0.15, 0.2) is 5.82 Å². The van der Waals surface area contributed by atoms with E-state index >= 15 is 0 Å². The van der Waals surface area contributed by atoms with Gasteiger partial charge in [0.2, 0.25) is 0 Å². The van der Waals surface area contributed by atoms with Crippen LogP contribution in [0.4, 0.5) is 16.3 Å². The molecule has 0 aromatic carbocycles. The average Bonchev–Trinajstić information content (AvgIpc) is 3.17. The molecule has 3 rings (SSSR count). The lowest BCUT2D eigenvalue weighted by Crippen LogP contribution is -2.29. The first-order chi connectivity index (χ1) is 10.7. The van der Waals surface area contributed by atoms with Crippen LogP contribution < -0.4 is 15.5 Å². The van der Waals surface area contributed by atoms with E-state index in [2.05, 4.69) is 25.5 Å². The molecule has 1 fully saturated rings. The van der Waals surface area contributed by atoms with E-state index < -0.39 is 0 Å². The predicted octanol–water partition coefficient (Wildman–Crippen LogP) is 2.77. The summed E-state index contributed by atoms with van der Waals surface area (Å²) in [6, 6.07) is 3.48. The van der Waals surface area contributed by atoms with Gasteiger partial charge in [-0.1, -0.05) is 0 Å². The molecular weight excluding hydrogens is 298 g/mol. The van der Waals surface area contributed by atoms with E-state index in [1.54, 1.807) is 17.5 Å². The molecule has 116 valence electrons. The largest absolute Gasteiger partial charge is 0.355 e. The molecule has 2 N–H and O–H groups in total. The van der Waals surface area contributed by atoms with Crippen LogP contribution in [-0.2, 0) is 6.54 Å². The van der Waals surface area contributed by atoms with Crippen molar-refractivity contribution in [2.45, 2.75) is 26.3 Å². The van der Waals surface area contributed by atoms with Crippen molar-refractivity contribution >= 4 is 28.9 Å². The molecule has 0 bridgehead atoms. The van der Waals surface area contributed by atoms with Crippen LogP contribution in [0.3, 0.4) is 0 Å². The number of carbonyl (C=O) groups excluding carboxylic acids is 1. The van der Waals surface area contributed by atoms with Gasteiger partial charge < -0.3 is 15.5 Å². The number of pyridine rings is 1. The SMILES string of the molecule is Cc1csc(CNC(=O)Nc2cccnc2N2CCCC2)n1. The van der Waals surface area contributed by atoms with Crippen LogP contribution in [0.15, 0.2) is 23.7 Å². The smallest absolute Gasteiger partial charge is 0.319 e. The number of aryl methyl sites for hydroxylation is 1. The van der Waals surface area contributed by atoms with E-state index in [0.29, 0.717) is 6.54 Å². The topological polar surface area (TPSA) is 70.2 Å². The molecule has 1 aliphatic rings. The van der Waals surface area contributed by atoms with Gasteiger partial charge in [0, 0.05) is 30.4 Å². The second kappa shape index (κ2) is 6.74. The number of amides is 2. The number of nitrogens with one attached hydrogen (secondary N) is 2. The minimum atomic E-state index is -0.235. The zero-order valence-corrected chi connectivity index (χ0v) is 13.3. The van der Waals surface area contributed by atoms with Crippen molar-refractivity contribution in [1.82, 2.24) is 15.3 Å². The Bertz CT molecular complexity index is 651. The molecule has 0 aliphatic carbocycles. The minimum Gasteiger partial charge on any atom is -0.355 e. The van der Waals surface area contributed by atoms with Gasteiger partial charge in [0.1, 0.15) is 5.01 Å². The molecule has 2 amide bonds. The summed E-state index contributed by atoms with van der Waals surface area (Å²) in [6.45, 7) is 4.36. The zero-order valence-electron chi connectivity index (χ0n) is 12.5. The molecule has 22 heavy (non-hydrogen) atoms. The fourth-order valence-corrected chi connectivity index (χ4v) is 3.19. The monoisotopic (exact) mass is 317 g/mol. The van der Waals surface area contributed by atoms with Crippen LogP contribution >= 0.6 is 11.3 Å². The van der Waals surface area contributed by atoms with Crippen LogP contribution in [0.1, 0.15) is 23.5 Å². The third kappa shape index (κ3) is 3.54. The summed E-state index contributed by atoms with van der Waals surface area (Å²) in [5.41, 5.74) is 1.73. The number of urea groups is 1. The second-order valence-corrected chi connectivity index (χ2v) is 6.20. The minimum absolute atomic E-state index is 0.235. The number of nitrogens with zero attached hydrogens (tertiary/aromatic N) is 3. The molecule has 3 heterocycles. The number of thiazole rings is 1. The quantitative estimate of drug-likeness (QED) is 0.909. The first kappa shape index (κ1) is 14.8. The molecule has 7 heteroatoms. The number of anilines is 2. The predicted molar refractivity (Wildman–Crippen MR) is 88.4 cm³/mol. The molecule has 1 saturated heterocycles. The van der Waals surface area contributed by atoms with E-state index in [0.717, 1.165) is 35.3 Å². The lowest BCUT2D eigenvalue weighted by Gasteiger charge is -2.20. The van der Waals surface area contributed by atoms with Crippen molar-refractivity contribution in [3.05, 3.63) is 34.4 Å². The summed E-state index contributed by atoms with van der Waals surface area (Å²) in [7, 11) is 0. The zero-order chi connectivity index (χ0) is 15.4. The molecule has 1 aliphatic heterocycles. The Morgan fingerprint density at radius 1 is 1.41 bits per heavy atom. The Hall–Kier alpha value is -2.15. The number of rotatable bonds is 4. The van der Waals surface area contributed by atoms with Crippen molar-refractivity contribution in [1.29, 1.82) is 0 Å². The van der Waals surface area contributed by atoms with Gasteiger partial charge in [0.05, 0.1) is 12.2 Å². The molecular formula is C15H19N5OS. The summed E-state index contributed by atoms with van der Waals surface area (Å²) in [4.78, 5) is 23.0. The van der Waals surface area contributed by atoms with E-state index in [1.165, 1.54) is 12.8 Å². The van der Waals surface area contributed by atoms with E-state index in [1.807, 2.05) is 24.4 Å². The normalized spacial score (nSPS) is 14.1. The standard InChI is InChI=1S/C15H19N5OS/c1-11-10-22-13(18-11)9-17-15(21)19-12-5-4-6-16-14(12)20-7-2-3-8-20/h4-6,10H,2-3,7-9H2,1H3,(H2,17,19,21). The van der Waals surface area contributed by atoms with E-state index in [9.17, 15) is 4.79 Å². The molecule has 0 unspecified atom stereocenters. The summed E-state index contributed by atoms with van der Waals surface area (Å²) < 4.78 is 0. The van der Waals surface area contributed by atoms with Crippen LogP contribution in [0.2, 0.25) is 0 Å². The average molecular weight is 317 g/mol. The summed E-state index contributed by atoms with van der Waals surface area (Å²) >= 11 is 1.55. The van der Waals surface area contributed by atoms with Gasteiger partial charge in [0.25, 0.3) is 0 Å². The highest BCUT2D eigenvalue weighted by Gasteiger charge is 2.17. The molecule has 0 saturated carbocycles. The van der Waals surface area contributed by atoms with Gasteiger partial charge in [-0.15, -0.1) is 11.3 Å². The van der Waals surface area contributed by atoms with E-state index in [4.69, 9.17) is 0 Å². The highest BCUT2D eigenvalue weighted by atomic mass is 32.1. The Morgan fingerprint density at radius 2 is 2.23 bits per heavy atom. The maximum absolute atomic E-state index is 12.1. The number of aromatic nitrogens is 2. The Kier molecular flexibility index (Phi) is 4.53. The van der Waals surface area contributed by atoms with Gasteiger partial charge in [-0.3, -0.25) is 0 Å². The van der Waals surface area contributed by atoms with Crippen LogP contribution in [0.25, 0.3) is 0 Å². The van der Waals surface area contributed by atoms with Crippen molar-refractivity contribution < 1.29 is 4.79 Å². The maximum atomic E-state index is 12.1. The van der Waals surface area contributed by atoms with Crippen molar-refractivity contribution in [2.24, 2.45) is 0 Å². The van der Waals surface area contributed by atoms with Crippen LogP contribution in [0, 0.1) is 6.92 Å². The Labute approximate surface area is 133 Å². The lowest BCUT2D eigenvalue weighted by molar-refractivity contribution is 0.251. The summed E-state index contributed by atoms with van der Waals surface area (Å²) in [5.74, 6) is 0.847. The van der Waals surface area contributed by atoms with Gasteiger partial charge >= 0.3 is 6.03 Å². The van der Waals surface area contributed by atoms with Crippen molar-refractivity contribution in [3.8, 4) is 0 Å². The number of hydrogen-bond acceptors (Lipinski definition) is 5. The lowest BCUT2D eigenvalue weighted by atomic mass is 10.3. The fourth-order valence-electron chi connectivity index (χ4n) is 2.48. The molecule has 0 atom stereocenters. The second-order valence-electron chi connectivity index (χ2n) is 5.26. The third-order valence-corrected chi connectivity index (χ3v) is 4.47. The van der Waals surface area contributed by atoms with Gasteiger partial charge in [-0.2, -0.15) is 0 Å². The number of hydrogen-bond donors (Lipinski definition) is 2. The van der Waals surface area contributed by atoms with Gasteiger partial charge in [-0.25, -0.2) is 14.8 Å².